The smallest absolute Gasteiger partial charge is 0.238 e. The van der Waals surface area contributed by atoms with E-state index < -0.39 is 10.0 Å². The first-order valence-corrected chi connectivity index (χ1v) is 11.2. The minimum atomic E-state index is -3.69. The SMILES string of the molecule is CCNC(=NCc1ccc(S(N)(=O)=O)cc1)NCc1ccccc1Cn1cccn1.I. The van der Waals surface area contributed by atoms with Gasteiger partial charge in [0.2, 0.25) is 10.0 Å². The van der Waals surface area contributed by atoms with Crippen LogP contribution in [0.4, 0.5) is 0 Å². The fraction of sp³-hybridized carbons (Fsp3) is 0.238. The number of primary sulfonamides is 1. The van der Waals surface area contributed by atoms with Crippen LogP contribution in [0, 0.1) is 0 Å². The first-order valence-electron chi connectivity index (χ1n) is 9.64. The van der Waals surface area contributed by atoms with Gasteiger partial charge in [-0.1, -0.05) is 36.4 Å². The summed E-state index contributed by atoms with van der Waals surface area (Å²) in [6, 6.07) is 16.5. The minimum absolute atomic E-state index is 0. The van der Waals surface area contributed by atoms with Crippen molar-refractivity contribution >= 4 is 40.0 Å². The van der Waals surface area contributed by atoms with Crippen LogP contribution in [0.15, 0.2) is 76.9 Å². The van der Waals surface area contributed by atoms with Gasteiger partial charge in [0, 0.05) is 25.5 Å². The summed E-state index contributed by atoms with van der Waals surface area (Å²) in [5, 5.41) is 16.0. The van der Waals surface area contributed by atoms with Crippen LogP contribution in [0.3, 0.4) is 0 Å². The van der Waals surface area contributed by atoms with E-state index in [1.165, 1.54) is 17.7 Å². The predicted octanol–water partition coefficient (Wildman–Crippen LogP) is 2.45. The van der Waals surface area contributed by atoms with Crippen LogP contribution < -0.4 is 15.8 Å². The molecule has 0 aliphatic carbocycles. The third kappa shape index (κ3) is 7.64. The largest absolute Gasteiger partial charge is 0.357 e. The molecule has 1 heterocycles. The molecular formula is C21H27IN6O2S. The van der Waals surface area contributed by atoms with Crippen molar-refractivity contribution in [2.24, 2.45) is 10.1 Å². The highest BCUT2D eigenvalue weighted by molar-refractivity contribution is 14.0. The van der Waals surface area contributed by atoms with E-state index in [1.54, 1.807) is 18.3 Å². The number of sulfonamides is 1. The summed E-state index contributed by atoms with van der Waals surface area (Å²) in [5.41, 5.74) is 3.23. The summed E-state index contributed by atoms with van der Waals surface area (Å²) in [4.78, 5) is 4.68. The van der Waals surface area contributed by atoms with Crippen LogP contribution in [-0.4, -0.2) is 30.7 Å². The number of aliphatic imine (C=N–C) groups is 1. The number of nitrogens with one attached hydrogen (secondary N) is 2. The number of halogens is 1. The molecule has 0 fully saturated rings. The lowest BCUT2D eigenvalue weighted by Crippen LogP contribution is -2.37. The lowest BCUT2D eigenvalue weighted by Gasteiger charge is -2.14. The van der Waals surface area contributed by atoms with Crippen molar-refractivity contribution in [1.29, 1.82) is 0 Å². The number of benzene rings is 2. The number of aromatic nitrogens is 2. The number of nitrogens with zero attached hydrogens (tertiary/aromatic N) is 3. The summed E-state index contributed by atoms with van der Waals surface area (Å²) in [6.45, 7) is 4.46. The van der Waals surface area contributed by atoms with Crippen molar-refractivity contribution in [2.75, 3.05) is 6.54 Å². The van der Waals surface area contributed by atoms with Gasteiger partial charge in [0.1, 0.15) is 0 Å². The van der Waals surface area contributed by atoms with Gasteiger partial charge in [0.15, 0.2) is 5.96 Å². The first kappa shape index (κ1) is 24.8. The second-order valence-corrected chi connectivity index (χ2v) is 8.27. The van der Waals surface area contributed by atoms with E-state index in [2.05, 4.69) is 32.9 Å². The van der Waals surface area contributed by atoms with Gasteiger partial charge in [-0.3, -0.25) is 4.68 Å². The van der Waals surface area contributed by atoms with Crippen molar-refractivity contribution in [3.63, 3.8) is 0 Å². The Morgan fingerprint density at radius 2 is 1.77 bits per heavy atom. The molecule has 0 radical (unpaired) electrons. The van der Waals surface area contributed by atoms with E-state index in [-0.39, 0.29) is 28.9 Å². The van der Waals surface area contributed by atoms with Gasteiger partial charge >= 0.3 is 0 Å². The molecule has 3 aromatic rings. The van der Waals surface area contributed by atoms with Crippen molar-refractivity contribution in [3.8, 4) is 0 Å². The summed E-state index contributed by atoms with van der Waals surface area (Å²) in [6.07, 6.45) is 3.71. The third-order valence-corrected chi connectivity index (χ3v) is 5.40. The molecule has 4 N–H and O–H groups in total. The maximum Gasteiger partial charge on any atom is 0.238 e. The molecule has 2 aromatic carbocycles. The fourth-order valence-corrected chi connectivity index (χ4v) is 3.44. The molecule has 31 heavy (non-hydrogen) atoms. The standard InChI is InChI=1S/C21H26N6O2S.HI/c1-2-23-21(24-14-17-8-10-20(11-9-17)30(22,28)29)25-15-18-6-3-4-7-19(18)16-27-13-5-12-26-27;/h3-13H,2,14-16H2,1H3,(H2,22,28,29)(H2,23,24,25);1H. The normalized spacial score (nSPS) is 11.6. The predicted molar refractivity (Wildman–Crippen MR) is 133 cm³/mol. The Kier molecular flexibility index (Phi) is 9.46. The molecule has 10 heteroatoms. The molecule has 0 amide bonds. The fourth-order valence-electron chi connectivity index (χ4n) is 2.93. The number of nitrogens with two attached hydrogens (primary N) is 1. The molecule has 3 rings (SSSR count). The second-order valence-electron chi connectivity index (χ2n) is 6.71. The minimum Gasteiger partial charge on any atom is -0.357 e. The molecule has 1 aromatic heterocycles. The molecule has 166 valence electrons. The van der Waals surface area contributed by atoms with Crippen molar-refractivity contribution in [2.45, 2.75) is 31.5 Å². The first-order chi connectivity index (χ1) is 14.5. The Morgan fingerprint density at radius 1 is 1.06 bits per heavy atom. The topological polar surface area (TPSA) is 114 Å². The third-order valence-electron chi connectivity index (χ3n) is 4.47. The Labute approximate surface area is 200 Å². The molecule has 0 saturated carbocycles. The Bertz CT molecular complexity index is 1080. The van der Waals surface area contributed by atoms with E-state index >= 15 is 0 Å². The molecule has 8 nitrogen and oxygen atoms in total. The lowest BCUT2D eigenvalue weighted by molar-refractivity contribution is 0.598. The van der Waals surface area contributed by atoms with Crippen LogP contribution in [0.5, 0.6) is 0 Å². The van der Waals surface area contributed by atoms with E-state index in [0.717, 1.165) is 17.7 Å². The Hall–Kier alpha value is -2.44. The zero-order valence-corrected chi connectivity index (χ0v) is 20.4. The van der Waals surface area contributed by atoms with Gasteiger partial charge in [-0.25, -0.2) is 18.5 Å². The van der Waals surface area contributed by atoms with Gasteiger partial charge in [0.05, 0.1) is 18.0 Å². The molecule has 0 aliphatic rings. The van der Waals surface area contributed by atoms with Gasteiger partial charge in [0.25, 0.3) is 0 Å². The summed E-state index contributed by atoms with van der Waals surface area (Å²) < 4.78 is 24.6. The molecule has 0 atom stereocenters. The number of hydrogen-bond acceptors (Lipinski definition) is 4. The molecular weight excluding hydrogens is 527 g/mol. The summed E-state index contributed by atoms with van der Waals surface area (Å²) >= 11 is 0. The average molecular weight is 554 g/mol. The molecule has 0 bridgehead atoms. The van der Waals surface area contributed by atoms with Gasteiger partial charge in [-0.2, -0.15) is 5.10 Å². The maximum absolute atomic E-state index is 11.4. The molecule has 0 saturated heterocycles. The quantitative estimate of drug-likeness (QED) is 0.225. The zero-order valence-electron chi connectivity index (χ0n) is 17.2. The van der Waals surface area contributed by atoms with Gasteiger partial charge in [-0.05, 0) is 41.8 Å². The molecule has 0 aliphatic heterocycles. The van der Waals surface area contributed by atoms with Crippen LogP contribution in [0.2, 0.25) is 0 Å². The highest BCUT2D eigenvalue weighted by Gasteiger charge is 2.07. The van der Waals surface area contributed by atoms with Crippen LogP contribution in [0.1, 0.15) is 23.6 Å². The summed E-state index contributed by atoms with van der Waals surface area (Å²) in [5.74, 6) is 0.682. The zero-order chi connectivity index (χ0) is 21.4. The van der Waals surface area contributed by atoms with E-state index in [9.17, 15) is 8.42 Å². The van der Waals surface area contributed by atoms with Crippen LogP contribution in [0.25, 0.3) is 0 Å². The van der Waals surface area contributed by atoms with Crippen LogP contribution >= 0.6 is 24.0 Å². The number of rotatable bonds is 8. The Balaban J connectivity index is 0.00000341. The number of guanidine groups is 1. The summed E-state index contributed by atoms with van der Waals surface area (Å²) in [7, 11) is -3.69. The van der Waals surface area contributed by atoms with Gasteiger partial charge < -0.3 is 10.6 Å². The van der Waals surface area contributed by atoms with Gasteiger partial charge in [-0.15, -0.1) is 24.0 Å². The van der Waals surface area contributed by atoms with Crippen molar-refractivity contribution < 1.29 is 8.42 Å². The van der Waals surface area contributed by atoms with E-state index in [1.807, 2.05) is 36.0 Å². The van der Waals surface area contributed by atoms with Crippen LogP contribution in [-0.2, 0) is 29.7 Å². The monoisotopic (exact) mass is 554 g/mol. The van der Waals surface area contributed by atoms with Crippen molar-refractivity contribution in [3.05, 3.63) is 83.7 Å². The number of hydrogen-bond donors (Lipinski definition) is 3. The van der Waals surface area contributed by atoms with E-state index in [4.69, 9.17) is 5.14 Å². The molecule has 0 spiro atoms. The lowest BCUT2D eigenvalue weighted by atomic mass is 10.1. The van der Waals surface area contributed by atoms with Crippen molar-refractivity contribution in [1.82, 2.24) is 20.4 Å². The maximum atomic E-state index is 11.4. The molecule has 0 unspecified atom stereocenters. The average Bonchev–Trinajstić information content (AvgIpc) is 3.24. The Morgan fingerprint density at radius 3 is 2.39 bits per heavy atom. The highest BCUT2D eigenvalue weighted by Crippen LogP contribution is 2.11. The highest BCUT2D eigenvalue weighted by atomic mass is 127. The second kappa shape index (κ2) is 11.8. The van der Waals surface area contributed by atoms with E-state index in [0.29, 0.717) is 25.6 Å².